The zero-order valence-electron chi connectivity index (χ0n) is 14.5. The zero-order chi connectivity index (χ0) is 17.2. The van der Waals surface area contributed by atoms with E-state index in [4.69, 9.17) is 0 Å². The number of amides is 1. The average molecular weight is 463 g/mol. The molecule has 0 rings (SSSR count). The van der Waals surface area contributed by atoms with Crippen LogP contribution in [0.4, 0.5) is 0 Å². The topological polar surface area (TPSA) is 112 Å². The Morgan fingerprint density at radius 2 is 1.70 bits per heavy atom. The van der Waals surface area contributed by atoms with E-state index in [-0.39, 0.29) is 54.3 Å². The number of carbonyl (C=O) groups is 1. The average Bonchev–Trinajstić information content (AvgIpc) is 2.38. The highest BCUT2D eigenvalue weighted by atomic mass is 127. The second-order valence-corrected chi connectivity index (χ2v) is 7.81. The highest BCUT2D eigenvalue weighted by Gasteiger charge is 2.13. The van der Waals surface area contributed by atoms with Crippen molar-refractivity contribution in [3.8, 4) is 0 Å². The summed E-state index contributed by atoms with van der Waals surface area (Å²) in [6, 6.07) is 0. The number of hydrogen-bond donors (Lipinski definition) is 4. The first-order chi connectivity index (χ1) is 10.1. The molecule has 0 saturated heterocycles. The lowest BCUT2D eigenvalue weighted by Crippen LogP contribution is -2.44. The SMILES string of the molecule is CCNC(=NCC(=O)NC(C)(C)C)NCCNS(=O)(=O)CC.I. The second kappa shape index (κ2) is 11.8. The third kappa shape index (κ3) is 14.7. The maximum atomic E-state index is 11.7. The maximum Gasteiger partial charge on any atom is 0.242 e. The molecule has 0 atom stereocenters. The van der Waals surface area contributed by atoms with Crippen LogP contribution in [0.2, 0.25) is 0 Å². The number of halogens is 1. The highest BCUT2D eigenvalue weighted by molar-refractivity contribution is 14.0. The molecule has 0 radical (unpaired) electrons. The third-order valence-electron chi connectivity index (χ3n) is 2.36. The molecule has 0 unspecified atom stereocenters. The Hall–Kier alpha value is -0.620. The van der Waals surface area contributed by atoms with E-state index >= 15 is 0 Å². The molecule has 138 valence electrons. The number of guanidine groups is 1. The molecule has 0 bridgehead atoms. The van der Waals surface area contributed by atoms with Crippen molar-refractivity contribution in [1.29, 1.82) is 0 Å². The van der Waals surface area contributed by atoms with Gasteiger partial charge in [0.05, 0.1) is 5.75 Å². The minimum absolute atomic E-state index is 0. The fourth-order valence-electron chi connectivity index (χ4n) is 1.44. The molecule has 0 heterocycles. The summed E-state index contributed by atoms with van der Waals surface area (Å²) in [4.78, 5) is 15.9. The van der Waals surface area contributed by atoms with Crippen molar-refractivity contribution in [3.05, 3.63) is 0 Å². The van der Waals surface area contributed by atoms with Crippen molar-refractivity contribution in [2.75, 3.05) is 31.9 Å². The molecule has 4 N–H and O–H groups in total. The quantitative estimate of drug-likeness (QED) is 0.176. The lowest BCUT2D eigenvalue weighted by molar-refractivity contribution is -0.121. The highest BCUT2D eigenvalue weighted by Crippen LogP contribution is 1.97. The van der Waals surface area contributed by atoms with Crippen molar-refractivity contribution < 1.29 is 13.2 Å². The summed E-state index contributed by atoms with van der Waals surface area (Å²) in [5, 5.41) is 8.78. The first-order valence-electron chi connectivity index (χ1n) is 7.40. The number of rotatable bonds is 8. The van der Waals surface area contributed by atoms with E-state index in [1.54, 1.807) is 6.92 Å². The molecule has 0 aromatic carbocycles. The second-order valence-electron chi connectivity index (χ2n) is 5.72. The first kappa shape index (κ1) is 24.6. The van der Waals surface area contributed by atoms with Gasteiger partial charge in [-0.3, -0.25) is 4.79 Å². The molecule has 0 saturated carbocycles. The summed E-state index contributed by atoms with van der Waals surface area (Å²) in [5.74, 6) is 0.354. The van der Waals surface area contributed by atoms with Gasteiger partial charge in [-0.2, -0.15) is 0 Å². The summed E-state index contributed by atoms with van der Waals surface area (Å²) in [6.45, 7) is 10.5. The predicted octanol–water partition coefficient (Wildman–Crippen LogP) is 0.0135. The lowest BCUT2D eigenvalue weighted by Gasteiger charge is -2.20. The van der Waals surface area contributed by atoms with Gasteiger partial charge in [-0.25, -0.2) is 18.1 Å². The molecule has 23 heavy (non-hydrogen) atoms. The molecular weight excluding hydrogens is 433 g/mol. The van der Waals surface area contributed by atoms with Crippen LogP contribution in [-0.2, 0) is 14.8 Å². The van der Waals surface area contributed by atoms with Gasteiger partial charge in [-0.05, 0) is 34.6 Å². The van der Waals surface area contributed by atoms with Gasteiger partial charge >= 0.3 is 0 Å². The third-order valence-corrected chi connectivity index (χ3v) is 3.76. The van der Waals surface area contributed by atoms with Crippen LogP contribution < -0.4 is 20.7 Å². The largest absolute Gasteiger partial charge is 0.357 e. The van der Waals surface area contributed by atoms with Crippen molar-refractivity contribution in [1.82, 2.24) is 20.7 Å². The Morgan fingerprint density at radius 3 is 2.17 bits per heavy atom. The van der Waals surface area contributed by atoms with Crippen LogP contribution >= 0.6 is 24.0 Å². The van der Waals surface area contributed by atoms with E-state index in [0.717, 1.165) is 0 Å². The Bertz CT molecular complexity index is 474. The van der Waals surface area contributed by atoms with E-state index in [2.05, 4.69) is 25.7 Å². The fraction of sp³-hybridized carbons (Fsp3) is 0.846. The minimum atomic E-state index is -3.19. The van der Waals surface area contributed by atoms with Gasteiger partial charge in [-0.15, -0.1) is 24.0 Å². The first-order valence-corrected chi connectivity index (χ1v) is 9.05. The van der Waals surface area contributed by atoms with Crippen LogP contribution in [0.25, 0.3) is 0 Å². The van der Waals surface area contributed by atoms with Crippen LogP contribution in [0.1, 0.15) is 34.6 Å². The van der Waals surface area contributed by atoms with Crippen molar-refractivity contribution in [2.45, 2.75) is 40.2 Å². The molecule has 0 aliphatic heterocycles. The molecule has 8 nitrogen and oxygen atoms in total. The number of nitrogens with zero attached hydrogens (tertiary/aromatic N) is 1. The van der Waals surface area contributed by atoms with E-state index in [9.17, 15) is 13.2 Å². The Balaban J connectivity index is 0. The molecule has 0 aliphatic carbocycles. The Morgan fingerprint density at radius 1 is 1.09 bits per heavy atom. The Labute approximate surface area is 156 Å². The van der Waals surface area contributed by atoms with Crippen LogP contribution in [-0.4, -0.2) is 57.8 Å². The monoisotopic (exact) mass is 463 g/mol. The van der Waals surface area contributed by atoms with E-state index in [1.807, 2.05) is 27.7 Å². The van der Waals surface area contributed by atoms with Gasteiger partial charge in [-0.1, -0.05) is 0 Å². The summed E-state index contributed by atoms with van der Waals surface area (Å²) in [7, 11) is -3.19. The molecule has 10 heteroatoms. The van der Waals surface area contributed by atoms with E-state index in [1.165, 1.54) is 0 Å². The standard InChI is InChI=1S/C13H29N5O3S.HI/c1-6-14-12(15-8-9-17-22(20,21)7-2)16-10-11(19)18-13(3,4)5;/h17H,6-10H2,1-5H3,(H,18,19)(H2,14,15,16);1H. The van der Waals surface area contributed by atoms with Gasteiger partial charge in [0.1, 0.15) is 6.54 Å². The van der Waals surface area contributed by atoms with E-state index < -0.39 is 10.0 Å². The number of aliphatic imine (C=N–C) groups is 1. The van der Waals surface area contributed by atoms with Gasteiger partial charge < -0.3 is 16.0 Å². The van der Waals surface area contributed by atoms with Crippen LogP contribution in [0.5, 0.6) is 0 Å². The molecular formula is C13H30IN5O3S. The predicted molar refractivity (Wildman–Crippen MR) is 105 cm³/mol. The van der Waals surface area contributed by atoms with E-state index in [0.29, 0.717) is 19.0 Å². The summed E-state index contributed by atoms with van der Waals surface area (Å²) in [6.07, 6.45) is 0. The Kier molecular flexibility index (Phi) is 12.7. The summed E-state index contributed by atoms with van der Waals surface area (Å²) in [5.41, 5.74) is -0.295. The summed E-state index contributed by atoms with van der Waals surface area (Å²) < 4.78 is 25.0. The zero-order valence-corrected chi connectivity index (χ0v) is 17.7. The molecule has 0 aliphatic rings. The van der Waals surface area contributed by atoms with Crippen LogP contribution in [0.15, 0.2) is 4.99 Å². The number of carbonyl (C=O) groups excluding carboxylic acids is 1. The maximum absolute atomic E-state index is 11.7. The molecule has 0 spiro atoms. The van der Waals surface area contributed by atoms with Crippen molar-refractivity contribution in [2.24, 2.45) is 4.99 Å². The molecule has 0 fully saturated rings. The number of nitrogens with one attached hydrogen (secondary N) is 4. The minimum Gasteiger partial charge on any atom is -0.357 e. The van der Waals surface area contributed by atoms with Gasteiger partial charge in [0, 0.05) is 25.2 Å². The smallest absolute Gasteiger partial charge is 0.242 e. The summed E-state index contributed by atoms with van der Waals surface area (Å²) >= 11 is 0. The van der Waals surface area contributed by atoms with Crippen molar-refractivity contribution >= 4 is 45.9 Å². The fourth-order valence-corrected chi connectivity index (χ4v) is 2.06. The van der Waals surface area contributed by atoms with Gasteiger partial charge in [0.2, 0.25) is 15.9 Å². The normalized spacial score (nSPS) is 12.3. The molecule has 1 amide bonds. The van der Waals surface area contributed by atoms with Crippen LogP contribution in [0.3, 0.4) is 0 Å². The molecule has 0 aromatic rings. The van der Waals surface area contributed by atoms with Crippen LogP contribution in [0, 0.1) is 0 Å². The van der Waals surface area contributed by atoms with Gasteiger partial charge in [0.15, 0.2) is 5.96 Å². The lowest BCUT2D eigenvalue weighted by atomic mass is 10.1. The number of sulfonamides is 1. The molecule has 0 aromatic heterocycles. The van der Waals surface area contributed by atoms with Crippen molar-refractivity contribution in [3.63, 3.8) is 0 Å². The van der Waals surface area contributed by atoms with Gasteiger partial charge in [0.25, 0.3) is 0 Å². The number of hydrogen-bond acceptors (Lipinski definition) is 4.